The fraction of sp³-hybridized carbons (Fsp3) is 0.188. The molecule has 2 aromatic rings. The molecule has 0 aliphatic rings. The Morgan fingerprint density at radius 3 is 2.61 bits per heavy atom. The Labute approximate surface area is 107 Å². The number of hydrogen-bond donors (Lipinski definition) is 1. The van der Waals surface area contributed by atoms with Crippen molar-refractivity contribution in [2.45, 2.75) is 20.3 Å². The zero-order valence-corrected chi connectivity index (χ0v) is 10.6. The largest absolute Gasteiger partial charge is 0.478 e. The molecule has 0 radical (unpaired) electrons. The monoisotopic (exact) mass is 240 g/mol. The van der Waals surface area contributed by atoms with Gasteiger partial charge in [0.1, 0.15) is 0 Å². The van der Waals surface area contributed by atoms with Crippen molar-refractivity contribution in [2.24, 2.45) is 0 Å². The lowest BCUT2D eigenvalue weighted by Gasteiger charge is -2.08. The van der Waals surface area contributed by atoms with Crippen LogP contribution in [0.3, 0.4) is 0 Å². The van der Waals surface area contributed by atoms with Crippen LogP contribution in [-0.4, -0.2) is 11.1 Å². The van der Waals surface area contributed by atoms with Gasteiger partial charge in [0, 0.05) is 0 Å². The molecule has 0 bridgehead atoms. The molecule has 2 rings (SSSR count). The van der Waals surface area contributed by atoms with E-state index in [0.29, 0.717) is 5.56 Å². The second-order valence-corrected chi connectivity index (χ2v) is 4.61. The quantitative estimate of drug-likeness (QED) is 0.890. The second-order valence-electron chi connectivity index (χ2n) is 4.61. The van der Waals surface area contributed by atoms with E-state index in [1.54, 1.807) is 18.2 Å². The van der Waals surface area contributed by atoms with Crippen LogP contribution in [0.4, 0.5) is 0 Å². The van der Waals surface area contributed by atoms with E-state index >= 15 is 0 Å². The molecule has 0 aliphatic carbocycles. The summed E-state index contributed by atoms with van der Waals surface area (Å²) >= 11 is 0. The Morgan fingerprint density at radius 2 is 1.89 bits per heavy atom. The molecule has 0 saturated heterocycles. The van der Waals surface area contributed by atoms with Crippen LogP contribution >= 0.6 is 0 Å². The molecule has 0 unspecified atom stereocenters. The predicted octanol–water partition coefficient (Wildman–Crippen LogP) is 3.59. The Bertz CT molecular complexity index is 585. The van der Waals surface area contributed by atoms with E-state index in [0.717, 1.165) is 12.0 Å². The average molecular weight is 240 g/mol. The van der Waals surface area contributed by atoms with Gasteiger partial charge in [-0.3, -0.25) is 0 Å². The summed E-state index contributed by atoms with van der Waals surface area (Å²) in [6.45, 7) is 4.15. The number of carboxylic acids is 1. The molecule has 1 N–H and O–H groups in total. The number of aromatic carboxylic acids is 1. The lowest BCUT2D eigenvalue weighted by molar-refractivity contribution is 0.0697. The van der Waals surface area contributed by atoms with E-state index in [1.807, 2.05) is 6.07 Å². The minimum atomic E-state index is -0.877. The molecule has 0 fully saturated rings. The van der Waals surface area contributed by atoms with Crippen LogP contribution < -0.4 is 0 Å². The highest BCUT2D eigenvalue weighted by atomic mass is 16.4. The number of hydrogen-bond acceptors (Lipinski definition) is 1. The smallest absolute Gasteiger partial charge is 0.335 e. The van der Waals surface area contributed by atoms with Crippen molar-refractivity contribution in [3.63, 3.8) is 0 Å². The molecule has 0 aromatic heterocycles. The van der Waals surface area contributed by atoms with Gasteiger partial charge in [-0.15, -0.1) is 0 Å². The first-order chi connectivity index (χ1) is 8.56. The van der Waals surface area contributed by atoms with E-state index < -0.39 is 5.97 Å². The van der Waals surface area contributed by atoms with E-state index in [2.05, 4.69) is 32.0 Å². The average Bonchev–Trinajstić information content (AvgIpc) is 2.34. The molecule has 2 nitrogen and oxygen atoms in total. The summed E-state index contributed by atoms with van der Waals surface area (Å²) in [6.07, 6.45) is 0.772. The molecule has 0 heterocycles. The first-order valence-electron chi connectivity index (χ1n) is 5.94. The zero-order chi connectivity index (χ0) is 13.1. The van der Waals surface area contributed by atoms with Crippen molar-refractivity contribution in [1.82, 2.24) is 0 Å². The van der Waals surface area contributed by atoms with Crippen LogP contribution in [0.1, 0.15) is 32.6 Å². The topological polar surface area (TPSA) is 37.3 Å². The third-order valence-electron chi connectivity index (χ3n) is 3.07. The third kappa shape index (κ3) is 2.77. The van der Waals surface area contributed by atoms with Gasteiger partial charge in [-0.25, -0.2) is 4.79 Å². The van der Waals surface area contributed by atoms with Crippen LogP contribution in [0.2, 0.25) is 0 Å². The third-order valence-corrected chi connectivity index (χ3v) is 3.07. The highest BCUT2D eigenvalue weighted by Gasteiger charge is 2.05. The number of benzene rings is 2. The maximum atomic E-state index is 10.9. The standard InChI is InChI=1S/C16H16O2/c1-11-6-7-12(2)15(8-11)10-13-4-3-5-14(9-13)16(17)18/h3-9H,10H2,1-2H3,(H,17,18). The summed E-state index contributed by atoms with van der Waals surface area (Å²) in [5, 5.41) is 8.97. The number of aryl methyl sites for hydroxylation is 2. The number of rotatable bonds is 3. The fourth-order valence-electron chi connectivity index (χ4n) is 2.02. The molecule has 18 heavy (non-hydrogen) atoms. The Kier molecular flexibility index (Phi) is 3.47. The molecule has 0 amide bonds. The van der Waals surface area contributed by atoms with Crippen molar-refractivity contribution >= 4 is 5.97 Å². The number of carbonyl (C=O) groups is 1. The minimum Gasteiger partial charge on any atom is -0.478 e. The van der Waals surface area contributed by atoms with Gasteiger partial charge in [0.25, 0.3) is 0 Å². The van der Waals surface area contributed by atoms with Crippen LogP contribution in [0.15, 0.2) is 42.5 Å². The van der Waals surface area contributed by atoms with Gasteiger partial charge in [0.05, 0.1) is 5.56 Å². The summed E-state index contributed by atoms with van der Waals surface area (Å²) in [6, 6.07) is 13.5. The normalized spacial score (nSPS) is 10.3. The lowest BCUT2D eigenvalue weighted by Crippen LogP contribution is -1.98. The molecule has 2 aromatic carbocycles. The maximum absolute atomic E-state index is 10.9. The van der Waals surface area contributed by atoms with Gasteiger partial charge in [-0.2, -0.15) is 0 Å². The summed E-state index contributed by atoms with van der Waals surface area (Å²) in [4.78, 5) is 10.9. The van der Waals surface area contributed by atoms with E-state index in [4.69, 9.17) is 5.11 Å². The summed E-state index contributed by atoms with van der Waals surface area (Å²) in [5.74, 6) is -0.877. The Balaban J connectivity index is 2.31. The van der Waals surface area contributed by atoms with Crippen molar-refractivity contribution in [1.29, 1.82) is 0 Å². The van der Waals surface area contributed by atoms with Crippen molar-refractivity contribution in [3.05, 3.63) is 70.3 Å². The van der Waals surface area contributed by atoms with Crippen LogP contribution in [0, 0.1) is 13.8 Å². The molecular weight excluding hydrogens is 224 g/mol. The van der Waals surface area contributed by atoms with Gasteiger partial charge in [0.15, 0.2) is 0 Å². The van der Waals surface area contributed by atoms with Crippen molar-refractivity contribution in [2.75, 3.05) is 0 Å². The summed E-state index contributed by atoms with van der Waals surface area (Å²) in [7, 11) is 0. The maximum Gasteiger partial charge on any atom is 0.335 e. The van der Waals surface area contributed by atoms with Crippen LogP contribution in [-0.2, 0) is 6.42 Å². The van der Waals surface area contributed by atoms with Gasteiger partial charge >= 0.3 is 5.97 Å². The molecule has 0 atom stereocenters. The van der Waals surface area contributed by atoms with E-state index in [-0.39, 0.29) is 0 Å². The van der Waals surface area contributed by atoms with Crippen LogP contribution in [0.5, 0.6) is 0 Å². The highest BCUT2D eigenvalue weighted by molar-refractivity contribution is 5.87. The summed E-state index contributed by atoms with van der Waals surface area (Å²) in [5.41, 5.74) is 5.09. The molecule has 0 aliphatic heterocycles. The van der Waals surface area contributed by atoms with Crippen LogP contribution in [0.25, 0.3) is 0 Å². The Hall–Kier alpha value is -2.09. The molecule has 2 heteroatoms. The van der Waals surface area contributed by atoms with Gasteiger partial charge in [0.2, 0.25) is 0 Å². The van der Waals surface area contributed by atoms with Gasteiger partial charge in [-0.1, -0.05) is 35.9 Å². The van der Waals surface area contributed by atoms with Gasteiger partial charge < -0.3 is 5.11 Å². The SMILES string of the molecule is Cc1ccc(C)c(Cc2cccc(C(=O)O)c2)c1. The van der Waals surface area contributed by atoms with Crippen molar-refractivity contribution < 1.29 is 9.90 Å². The van der Waals surface area contributed by atoms with Crippen molar-refractivity contribution in [3.8, 4) is 0 Å². The first-order valence-corrected chi connectivity index (χ1v) is 5.94. The predicted molar refractivity (Wildman–Crippen MR) is 72.1 cm³/mol. The number of carboxylic acid groups (broad SMARTS) is 1. The second kappa shape index (κ2) is 5.05. The van der Waals surface area contributed by atoms with E-state index in [9.17, 15) is 4.79 Å². The fourth-order valence-corrected chi connectivity index (χ4v) is 2.02. The van der Waals surface area contributed by atoms with Gasteiger partial charge in [-0.05, 0) is 49.1 Å². The first kappa shape index (κ1) is 12.4. The molecule has 92 valence electrons. The molecular formula is C16H16O2. The zero-order valence-electron chi connectivity index (χ0n) is 10.6. The molecule has 0 spiro atoms. The highest BCUT2D eigenvalue weighted by Crippen LogP contribution is 2.16. The minimum absolute atomic E-state index is 0.345. The Morgan fingerprint density at radius 1 is 1.11 bits per heavy atom. The molecule has 0 saturated carbocycles. The summed E-state index contributed by atoms with van der Waals surface area (Å²) < 4.78 is 0. The van der Waals surface area contributed by atoms with E-state index in [1.165, 1.54) is 16.7 Å². The lowest BCUT2D eigenvalue weighted by atomic mass is 9.98.